The predicted octanol–water partition coefficient (Wildman–Crippen LogP) is 7.28. The molecule has 2 heterocycles. The smallest absolute Gasteiger partial charge is 0.270 e. The average molecular weight is 460 g/mol. The van der Waals surface area contributed by atoms with Crippen molar-refractivity contribution < 1.29 is 9.21 Å². The van der Waals surface area contributed by atoms with E-state index in [0.29, 0.717) is 36.4 Å². The lowest BCUT2D eigenvalue weighted by Gasteiger charge is -2.19. The van der Waals surface area contributed by atoms with Crippen molar-refractivity contribution in [3.8, 4) is 11.3 Å². The number of rotatable bonds is 3. The minimum atomic E-state index is -0.161. The van der Waals surface area contributed by atoms with Crippen molar-refractivity contribution >= 4 is 69.2 Å². The van der Waals surface area contributed by atoms with Crippen LogP contribution in [0.4, 0.5) is 5.69 Å². The van der Waals surface area contributed by atoms with Crippen LogP contribution >= 0.6 is 47.2 Å². The molecule has 2 aromatic carbocycles. The lowest BCUT2D eigenvalue weighted by molar-refractivity contribution is -0.113. The molecule has 1 aromatic heterocycles. The van der Waals surface area contributed by atoms with Crippen LogP contribution in [-0.4, -0.2) is 10.2 Å². The molecule has 0 unspecified atom stereocenters. The zero-order valence-electron chi connectivity index (χ0n) is 15.5. The molecule has 0 bridgehead atoms. The van der Waals surface area contributed by atoms with Crippen molar-refractivity contribution in [1.82, 2.24) is 0 Å². The van der Waals surface area contributed by atoms with Crippen LogP contribution in [0.5, 0.6) is 0 Å². The number of furan rings is 1. The minimum absolute atomic E-state index is 0.161. The predicted molar refractivity (Wildman–Crippen MR) is 126 cm³/mol. The molecule has 29 heavy (non-hydrogen) atoms. The summed E-state index contributed by atoms with van der Waals surface area (Å²) in [6.07, 6.45) is 1.70. The zero-order valence-corrected chi connectivity index (χ0v) is 18.7. The highest BCUT2D eigenvalue weighted by Crippen LogP contribution is 2.40. The first-order chi connectivity index (χ1) is 13.9. The molecular weight excluding hydrogens is 445 g/mol. The van der Waals surface area contributed by atoms with Gasteiger partial charge in [0.05, 0.1) is 26.2 Å². The third-order valence-electron chi connectivity index (χ3n) is 4.57. The molecule has 3 aromatic rings. The summed E-state index contributed by atoms with van der Waals surface area (Å²) in [5.74, 6) is 0.904. The minimum Gasteiger partial charge on any atom is -0.457 e. The highest BCUT2D eigenvalue weighted by Gasteiger charge is 2.35. The van der Waals surface area contributed by atoms with E-state index in [1.54, 1.807) is 41.3 Å². The van der Waals surface area contributed by atoms with Crippen molar-refractivity contribution in [3.63, 3.8) is 0 Å². The summed E-state index contributed by atoms with van der Waals surface area (Å²) in [7, 11) is 0. The molecule has 1 amide bonds. The number of thiocarbonyl (C=S) groups is 1. The molecule has 4 rings (SSSR count). The van der Waals surface area contributed by atoms with Gasteiger partial charge in [0.2, 0.25) is 0 Å². The largest absolute Gasteiger partial charge is 0.457 e. The fraction of sp³-hybridized carbons (Fsp3) is 0.0909. The van der Waals surface area contributed by atoms with E-state index in [1.807, 2.05) is 32.0 Å². The molecule has 1 saturated heterocycles. The Kier molecular flexibility index (Phi) is 5.58. The van der Waals surface area contributed by atoms with Crippen LogP contribution in [0.15, 0.2) is 57.9 Å². The molecule has 0 aliphatic carbocycles. The molecule has 7 heteroatoms. The number of halogens is 2. The number of carbonyl (C=O) groups excluding carboxylic acids is 1. The maximum absolute atomic E-state index is 13.1. The van der Waals surface area contributed by atoms with Crippen molar-refractivity contribution in [2.24, 2.45) is 0 Å². The Morgan fingerprint density at radius 1 is 1.00 bits per heavy atom. The van der Waals surface area contributed by atoms with Gasteiger partial charge in [-0.25, -0.2) is 0 Å². The van der Waals surface area contributed by atoms with E-state index in [1.165, 1.54) is 11.8 Å². The van der Waals surface area contributed by atoms with Gasteiger partial charge in [0.1, 0.15) is 11.5 Å². The number of hydrogen-bond acceptors (Lipinski definition) is 4. The van der Waals surface area contributed by atoms with Crippen LogP contribution in [0.25, 0.3) is 17.4 Å². The van der Waals surface area contributed by atoms with E-state index in [0.717, 1.165) is 16.8 Å². The molecule has 0 N–H and O–H groups in total. The van der Waals surface area contributed by atoms with E-state index >= 15 is 0 Å². The van der Waals surface area contributed by atoms with Gasteiger partial charge >= 0.3 is 0 Å². The van der Waals surface area contributed by atoms with Crippen LogP contribution in [0.1, 0.15) is 16.9 Å². The number of para-hydroxylation sites is 1. The van der Waals surface area contributed by atoms with Crippen LogP contribution in [0.2, 0.25) is 10.0 Å². The maximum Gasteiger partial charge on any atom is 0.270 e. The van der Waals surface area contributed by atoms with E-state index in [-0.39, 0.29) is 5.91 Å². The molecule has 1 fully saturated rings. The van der Waals surface area contributed by atoms with Crippen LogP contribution < -0.4 is 4.90 Å². The van der Waals surface area contributed by atoms with Crippen molar-refractivity contribution in [2.45, 2.75) is 13.8 Å². The molecule has 1 aliphatic rings. The first-order valence-electron chi connectivity index (χ1n) is 8.75. The van der Waals surface area contributed by atoms with Crippen molar-refractivity contribution in [1.29, 1.82) is 0 Å². The first kappa shape index (κ1) is 20.2. The summed E-state index contributed by atoms with van der Waals surface area (Å²) in [6, 6.07) is 14.7. The Balaban J connectivity index is 1.68. The number of hydrogen-bond donors (Lipinski definition) is 0. The molecule has 0 radical (unpaired) electrons. The molecular formula is C22H15Cl2NO2S2. The van der Waals surface area contributed by atoms with Gasteiger partial charge in [-0.15, -0.1) is 0 Å². The Morgan fingerprint density at radius 3 is 2.28 bits per heavy atom. The van der Waals surface area contributed by atoms with E-state index < -0.39 is 0 Å². The Labute approximate surface area is 188 Å². The van der Waals surface area contributed by atoms with Gasteiger partial charge in [-0.3, -0.25) is 9.69 Å². The van der Waals surface area contributed by atoms with Gasteiger partial charge in [0.15, 0.2) is 4.32 Å². The van der Waals surface area contributed by atoms with E-state index in [9.17, 15) is 4.79 Å². The maximum atomic E-state index is 13.1. The van der Waals surface area contributed by atoms with Gasteiger partial charge in [-0.1, -0.05) is 71.4 Å². The molecule has 0 atom stereocenters. The van der Waals surface area contributed by atoms with Gasteiger partial charge in [-0.05, 0) is 49.2 Å². The molecule has 3 nitrogen and oxygen atoms in total. The first-order valence-corrected chi connectivity index (χ1v) is 10.7. The summed E-state index contributed by atoms with van der Waals surface area (Å²) < 4.78 is 6.39. The standard InChI is InChI=1S/C22H15Cl2NO2S2/c1-12-5-3-6-13(2)20(12)25-21(26)18(29-22(25)28)11-14-9-10-17(27-14)19-15(23)7-4-8-16(19)24/h3-11H,1-2H3/b18-11+. The van der Waals surface area contributed by atoms with E-state index in [4.69, 9.17) is 39.8 Å². The second kappa shape index (κ2) is 8.00. The van der Waals surface area contributed by atoms with Crippen LogP contribution in [0, 0.1) is 13.8 Å². The highest BCUT2D eigenvalue weighted by molar-refractivity contribution is 8.27. The van der Waals surface area contributed by atoms with Gasteiger partial charge < -0.3 is 4.42 Å². The number of amides is 1. The summed E-state index contributed by atoms with van der Waals surface area (Å²) in [4.78, 5) is 15.2. The molecule has 0 saturated carbocycles. The quantitative estimate of drug-likeness (QED) is 0.304. The number of anilines is 1. The Bertz CT molecular complexity index is 1140. The Morgan fingerprint density at radius 2 is 1.62 bits per heavy atom. The second-order valence-corrected chi connectivity index (χ2v) is 9.05. The number of nitrogens with zero attached hydrogens (tertiary/aromatic N) is 1. The van der Waals surface area contributed by atoms with Crippen LogP contribution in [0.3, 0.4) is 0 Å². The normalized spacial score (nSPS) is 15.6. The number of carbonyl (C=O) groups is 1. The fourth-order valence-corrected chi connectivity index (χ4v) is 5.08. The zero-order chi connectivity index (χ0) is 20.7. The summed E-state index contributed by atoms with van der Waals surface area (Å²) in [5, 5.41) is 1.000. The average Bonchev–Trinajstić information content (AvgIpc) is 3.21. The summed E-state index contributed by atoms with van der Waals surface area (Å²) >= 11 is 19.3. The van der Waals surface area contributed by atoms with Gasteiger partial charge in [0, 0.05) is 6.08 Å². The summed E-state index contributed by atoms with van der Waals surface area (Å²) in [5.41, 5.74) is 3.45. The lowest BCUT2D eigenvalue weighted by atomic mass is 10.1. The fourth-order valence-electron chi connectivity index (χ4n) is 3.25. The molecule has 1 aliphatic heterocycles. The monoisotopic (exact) mass is 459 g/mol. The lowest BCUT2D eigenvalue weighted by Crippen LogP contribution is -2.29. The van der Waals surface area contributed by atoms with Gasteiger partial charge in [-0.2, -0.15) is 0 Å². The van der Waals surface area contributed by atoms with Gasteiger partial charge in [0.25, 0.3) is 5.91 Å². The third kappa shape index (κ3) is 3.76. The van der Waals surface area contributed by atoms with Crippen LogP contribution in [-0.2, 0) is 4.79 Å². The number of thioether (sulfide) groups is 1. The highest BCUT2D eigenvalue weighted by atomic mass is 35.5. The Hall–Kier alpha value is -2.05. The van der Waals surface area contributed by atoms with Crippen molar-refractivity contribution in [2.75, 3.05) is 4.90 Å². The topological polar surface area (TPSA) is 33.5 Å². The summed E-state index contributed by atoms with van der Waals surface area (Å²) in [6.45, 7) is 3.94. The number of benzene rings is 2. The third-order valence-corrected chi connectivity index (χ3v) is 6.50. The second-order valence-electron chi connectivity index (χ2n) is 6.56. The molecule has 0 spiro atoms. The number of aryl methyl sites for hydroxylation is 2. The SMILES string of the molecule is Cc1cccc(C)c1N1C(=O)/C(=C\c2ccc(-c3c(Cl)cccc3Cl)o2)SC1=S. The van der Waals surface area contributed by atoms with E-state index in [2.05, 4.69) is 0 Å². The molecule has 146 valence electrons. The van der Waals surface area contributed by atoms with Crippen molar-refractivity contribution in [3.05, 3.63) is 80.4 Å².